The molecule has 5 heteroatoms. The number of fused-ring (bicyclic) bond motifs is 2. The molecule has 0 unspecified atom stereocenters. The van der Waals surface area contributed by atoms with Gasteiger partial charge in [0.15, 0.2) is 11.5 Å². The molecule has 24 heavy (non-hydrogen) atoms. The van der Waals surface area contributed by atoms with E-state index in [1.807, 2.05) is 30.3 Å². The summed E-state index contributed by atoms with van der Waals surface area (Å²) in [5.74, 6) is 1.14. The predicted molar refractivity (Wildman–Crippen MR) is 89.5 cm³/mol. The normalized spacial score (nSPS) is 18.2. The van der Waals surface area contributed by atoms with E-state index in [4.69, 9.17) is 20.2 Å². The van der Waals surface area contributed by atoms with Gasteiger partial charge in [0.2, 0.25) is 0 Å². The third kappa shape index (κ3) is 2.82. The lowest BCUT2D eigenvalue weighted by Gasteiger charge is -2.26. The summed E-state index contributed by atoms with van der Waals surface area (Å²) in [4.78, 5) is 16.5. The molecule has 1 aromatic carbocycles. The van der Waals surface area contributed by atoms with Crippen molar-refractivity contribution < 1.29 is 14.3 Å². The Morgan fingerprint density at radius 2 is 2.08 bits per heavy atom. The number of para-hydroxylation sites is 2. The summed E-state index contributed by atoms with van der Waals surface area (Å²) in [5, 5.41) is 0. The zero-order valence-electron chi connectivity index (χ0n) is 13.5. The second-order valence-electron chi connectivity index (χ2n) is 6.34. The van der Waals surface area contributed by atoms with Gasteiger partial charge in [-0.15, -0.1) is 0 Å². The van der Waals surface area contributed by atoms with Gasteiger partial charge < -0.3 is 15.2 Å². The standard InChI is InChI=1S/C19H20N2O3/c20-19(22)14-10-12-4-3-5-15(12)21-16(14)9-8-13-11-23-17-6-1-2-7-18(17)24-13/h1-2,6-7,10,13H,3-5,8-9,11H2,(H2,20,22)/t13-/m0/s1. The minimum atomic E-state index is -0.404. The first-order chi connectivity index (χ1) is 11.7. The van der Waals surface area contributed by atoms with E-state index in [2.05, 4.69) is 0 Å². The van der Waals surface area contributed by atoms with E-state index < -0.39 is 5.91 Å². The fourth-order valence-electron chi connectivity index (χ4n) is 3.42. The van der Waals surface area contributed by atoms with E-state index in [0.717, 1.165) is 48.6 Å². The first kappa shape index (κ1) is 15.0. The molecule has 1 atom stereocenters. The molecular formula is C19H20N2O3. The summed E-state index contributed by atoms with van der Waals surface area (Å²) in [7, 11) is 0. The zero-order valence-corrected chi connectivity index (χ0v) is 13.5. The van der Waals surface area contributed by atoms with Crippen molar-refractivity contribution in [3.05, 3.63) is 52.8 Å². The highest BCUT2D eigenvalue weighted by molar-refractivity contribution is 5.94. The molecule has 5 nitrogen and oxygen atoms in total. The number of hydrogen-bond donors (Lipinski definition) is 1. The maximum absolute atomic E-state index is 11.8. The Balaban J connectivity index is 1.49. The molecule has 1 aliphatic carbocycles. The Morgan fingerprint density at radius 3 is 2.92 bits per heavy atom. The van der Waals surface area contributed by atoms with Crippen molar-refractivity contribution in [2.75, 3.05) is 6.61 Å². The average Bonchev–Trinajstić information content (AvgIpc) is 3.06. The van der Waals surface area contributed by atoms with Crippen LogP contribution in [-0.4, -0.2) is 23.6 Å². The van der Waals surface area contributed by atoms with Gasteiger partial charge in [-0.3, -0.25) is 9.78 Å². The van der Waals surface area contributed by atoms with E-state index in [0.29, 0.717) is 18.6 Å². The summed E-state index contributed by atoms with van der Waals surface area (Å²) in [6.45, 7) is 0.508. The first-order valence-corrected chi connectivity index (χ1v) is 8.40. The minimum absolute atomic E-state index is 0.0457. The molecular weight excluding hydrogens is 304 g/mol. The average molecular weight is 324 g/mol. The molecule has 2 aromatic rings. The van der Waals surface area contributed by atoms with Gasteiger partial charge in [-0.1, -0.05) is 12.1 Å². The van der Waals surface area contributed by atoms with Crippen LogP contribution in [0.25, 0.3) is 0 Å². The van der Waals surface area contributed by atoms with Gasteiger partial charge in [-0.2, -0.15) is 0 Å². The quantitative estimate of drug-likeness (QED) is 0.937. The SMILES string of the molecule is NC(=O)c1cc2c(nc1CC[C@H]1COc3ccccc3O1)CCC2. The molecule has 0 saturated heterocycles. The molecule has 4 rings (SSSR count). The summed E-state index contributed by atoms with van der Waals surface area (Å²) < 4.78 is 11.7. The molecule has 124 valence electrons. The molecule has 1 amide bonds. The third-order valence-electron chi connectivity index (χ3n) is 4.67. The number of pyridine rings is 1. The van der Waals surface area contributed by atoms with E-state index in [-0.39, 0.29) is 6.10 Å². The molecule has 0 saturated carbocycles. The topological polar surface area (TPSA) is 74.4 Å². The number of nitrogens with two attached hydrogens (primary N) is 1. The van der Waals surface area contributed by atoms with E-state index in [1.165, 1.54) is 5.56 Å². The number of rotatable bonds is 4. The lowest BCUT2D eigenvalue weighted by Crippen LogP contribution is -2.30. The van der Waals surface area contributed by atoms with Gasteiger partial charge in [-0.05, 0) is 55.9 Å². The van der Waals surface area contributed by atoms with E-state index in [1.54, 1.807) is 0 Å². The number of aromatic nitrogens is 1. The maximum Gasteiger partial charge on any atom is 0.250 e. The highest BCUT2D eigenvalue weighted by Gasteiger charge is 2.23. The van der Waals surface area contributed by atoms with E-state index in [9.17, 15) is 4.79 Å². The van der Waals surface area contributed by atoms with Crippen LogP contribution in [0.5, 0.6) is 11.5 Å². The number of nitrogens with zero attached hydrogens (tertiary/aromatic N) is 1. The minimum Gasteiger partial charge on any atom is -0.486 e. The molecule has 2 aliphatic rings. The molecule has 0 bridgehead atoms. The Morgan fingerprint density at radius 1 is 1.25 bits per heavy atom. The van der Waals surface area contributed by atoms with Crippen molar-refractivity contribution in [3.63, 3.8) is 0 Å². The van der Waals surface area contributed by atoms with Crippen molar-refractivity contribution in [1.82, 2.24) is 4.98 Å². The van der Waals surface area contributed by atoms with Crippen molar-refractivity contribution >= 4 is 5.91 Å². The van der Waals surface area contributed by atoms with Crippen LogP contribution < -0.4 is 15.2 Å². The molecule has 1 aliphatic heterocycles. The third-order valence-corrected chi connectivity index (χ3v) is 4.67. The van der Waals surface area contributed by atoms with Crippen LogP contribution in [-0.2, 0) is 19.3 Å². The van der Waals surface area contributed by atoms with Gasteiger partial charge in [0.1, 0.15) is 12.7 Å². The monoisotopic (exact) mass is 324 g/mol. The Hall–Kier alpha value is -2.56. The largest absolute Gasteiger partial charge is 0.486 e. The van der Waals surface area contributed by atoms with Gasteiger partial charge in [-0.25, -0.2) is 0 Å². The van der Waals surface area contributed by atoms with Crippen LogP contribution >= 0.6 is 0 Å². The molecule has 0 radical (unpaired) electrons. The molecule has 0 spiro atoms. The summed E-state index contributed by atoms with van der Waals surface area (Å²) in [5.41, 5.74) is 9.16. The number of ether oxygens (including phenoxy) is 2. The van der Waals surface area contributed by atoms with E-state index >= 15 is 0 Å². The van der Waals surface area contributed by atoms with Crippen molar-refractivity contribution in [2.24, 2.45) is 5.73 Å². The number of hydrogen-bond acceptors (Lipinski definition) is 4. The highest BCUT2D eigenvalue weighted by atomic mass is 16.6. The van der Waals surface area contributed by atoms with Crippen LogP contribution in [0.3, 0.4) is 0 Å². The summed E-state index contributed by atoms with van der Waals surface area (Å²) in [6, 6.07) is 9.59. The van der Waals surface area contributed by atoms with Crippen LogP contribution in [0.2, 0.25) is 0 Å². The highest BCUT2D eigenvalue weighted by Crippen LogP contribution is 2.32. The maximum atomic E-state index is 11.8. The number of carbonyl (C=O) groups excluding carboxylic acids is 1. The molecule has 2 N–H and O–H groups in total. The summed E-state index contributed by atoms with van der Waals surface area (Å²) in [6.07, 6.45) is 4.41. The van der Waals surface area contributed by atoms with Crippen LogP contribution in [0.4, 0.5) is 0 Å². The number of primary amides is 1. The second kappa shape index (κ2) is 6.15. The number of aryl methyl sites for hydroxylation is 3. The Kier molecular flexibility index (Phi) is 3.84. The van der Waals surface area contributed by atoms with Crippen LogP contribution in [0.1, 0.15) is 40.2 Å². The first-order valence-electron chi connectivity index (χ1n) is 8.40. The van der Waals surface area contributed by atoms with Gasteiger partial charge >= 0.3 is 0 Å². The summed E-state index contributed by atoms with van der Waals surface area (Å²) >= 11 is 0. The van der Waals surface area contributed by atoms with Gasteiger partial charge in [0.25, 0.3) is 5.91 Å². The number of amides is 1. The van der Waals surface area contributed by atoms with Gasteiger partial charge in [0.05, 0.1) is 11.3 Å². The lowest BCUT2D eigenvalue weighted by atomic mass is 10.0. The lowest BCUT2D eigenvalue weighted by molar-refractivity contribution is 0.0847. The molecule has 1 aromatic heterocycles. The fraction of sp³-hybridized carbons (Fsp3) is 0.368. The number of benzene rings is 1. The molecule has 2 heterocycles. The Bertz CT molecular complexity index is 788. The predicted octanol–water partition coefficient (Wildman–Crippen LogP) is 2.44. The fourth-order valence-corrected chi connectivity index (χ4v) is 3.42. The van der Waals surface area contributed by atoms with Gasteiger partial charge in [0, 0.05) is 5.69 Å². The Labute approximate surface area is 140 Å². The van der Waals surface area contributed by atoms with Crippen molar-refractivity contribution in [2.45, 2.75) is 38.2 Å². The molecule has 0 fully saturated rings. The zero-order chi connectivity index (χ0) is 16.5. The van der Waals surface area contributed by atoms with Crippen LogP contribution in [0.15, 0.2) is 30.3 Å². The smallest absolute Gasteiger partial charge is 0.250 e. The van der Waals surface area contributed by atoms with Crippen molar-refractivity contribution in [3.8, 4) is 11.5 Å². The number of carbonyl (C=O) groups is 1. The van der Waals surface area contributed by atoms with Crippen molar-refractivity contribution in [1.29, 1.82) is 0 Å². The van der Waals surface area contributed by atoms with Crippen LogP contribution in [0, 0.1) is 0 Å². The second-order valence-corrected chi connectivity index (χ2v) is 6.34.